The Morgan fingerprint density at radius 2 is 1.83 bits per heavy atom. The number of likely N-dealkylation sites (tertiary alicyclic amines) is 1. The van der Waals surface area contributed by atoms with Crippen molar-refractivity contribution in [3.8, 4) is 5.75 Å². The quantitative estimate of drug-likeness (QED) is 0.925. The Kier molecular flexibility index (Phi) is 5.14. The molecule has 0 bridgehead atoms. The van der Waals surface area contributed by atoms with E-state index in [1.165, 1.54) is 5.56 Å². The molecule has 1 amide bonds. The van der Waals surface area contributed by atoms with E-state index in [9.17, 15) is 4.79 Å². The van der Waals surface area contributed by atoms with E-state index in [4.69, 9.17) is 10.5 Å². The van der Waals surface area contributed by atoms with Crippen LogP contribution < -0.4 is 10.5 Å². The Morgan fingerprint density at radius 1 is 1.17 bits per heavy atom. The fraction of sp³-hybridized carbons (Fsp3) is 0.650. The molecular weight excluding hydrogens is 300 g/mol. The summed E-state index contributed by atoms with van der Waals surface area (Å²) in [6, 6.07) is 8.18. The molecule has 2 aliphatic rings. The first kappa shape index (κ1) is 17.3. The third kappa shape index (κ3) is 3.92. The van der Waals surface area contributed by atoms with E-state index in [1.807, 2.05) is 24.0 Å². The zero-order valence-electron chi connectivity index (χ0n) is 15.0. The van der Waals surface area contributed by atoms with Crippen LogP contribution in [0.1, 0.15) is 51.0 Å². The molecule has 0 aromatic heterocycles. The molecule has 2 N–H and O–H groups in total. The summed E-state index contributed by atoms with van der Waals surface area (Å²) in [6.07, 6.45) is 6.15. The average Bonchev–Trinajstić information content (AvgIpc) is 2.57. The molecule has 1 aromatic rings. The van der Waals surface area contributed by atoms with Crippen molar-refractivity contribution in [2.45, 2.75) is 64.0 Å². The molecule has 0 spiro atoms. The summed E-state index contributed by atoms with van der Waals surface area (Å²) in [6.45, 7) is 5.68. The predicted octanol–water partition coefficient (Wildman–Crippen LogP) is 3.27. The molecule has 2 fully saturated rings. The lowest BCUT2D eigenvalue weighted by Crippen LogP contribution is -2.55. The van der Waals surface area contributed by atoms with Gasteiger partial charge in [0.2, 0.25) is 5.91 Å². The summed E-state index contributed by atoms with van der Waals surface area (Å²) < 4.78 is 6.06. The van der Waals surface area contributed by atoms with Crippen molar-refractivity contribution in [2.75, 3.05) is 13.1 Å². The van der Waals surface area contributed by atoms with Crippen LogP contribution in [0.4, 0.5) is 0 Å². The highest BCUT2D eigenvalue weighted by molar-refractivity contribution is 5.80. The van der Waals surface area contributed by atoms with Crippen LogP contribution in [0.2, 0.25) is 0 Å². The zero-order valence-corrected chi connectivity index (χ0v) is 15.0. The topological polar surface area (TPSA) is 55.6 Å². The molecule has 132 valence electrons. The molecule has 4 heteroatoms. The number of benzene rings is 1. The van der Waals surface area contributed by atoms with E-state index in [-0.39, 0.29) is 23.5 Å². The zero-order chi connectivity index (χ0) is 17.2. The van der Waals surface area contributed by atoms with Gasteiger partial charge in [0.25, 0.3) is 0 Å². The molecule has 0 radical (unpaired) electrons. The minimum Gasteiger partial charge on any atom is -0.490 e. The molecular formula is C20H30N2O2. The monoisotopic (exact) mass is 330 g/mol. The first-order chi connectivity index (χ1) is 11.5. The second kappa shape index (κ2) is 7.14. The number of ether oxygens (including phenoxy) is 1. The van der Waals surface area contributed by atoms with Crippen molar-refractivity contribution < 1.29 is 9.53 Å². The van der Waals surface area contributed by atoms with Crippen LogP contribution in [0.15, 0.2) is 24.3 Å². The molecule has 3 rings (SSSR count). The van der Waals surface area contributed by atoms with Gasteiger partial charge in [-0.1, -0.05) is 30.5 Å². The normalized spacial score (nSPS) is 28.6. The standard InChI is InChI=1S/C20H30N2O2/c1-15-6-8-16(9-7-15)24-17-10-13-22(14-11-17)19(23)18-5-3-4-12-20(18,2)21/h6-9,17-18H,3-5,10-14,21H2,1-2H3. The van der Waals surface area contributed by atoms with Crippen molar-refractivity contribution >= 4 is 5.91 Å². The highest BCUT2D eigenvalue weighted by Gasteiger charge is 2.40. The van der Waals surface area contributed by atoms with E-state index in [1.54, 1.807) is 0 Å². The van der Waals surface area contributed by atoms with Crippen LogP contribution in [-0.2, 0) is 4.79 Å². The van der Waals surface area contributed by atoms with Crippen molar-refractivity contribution in [3.05, 3.63) is 29.8 Å². The lowest BCUT2D eigenvalue weighted by molar-refractivity contribution is -0.140. The highest BCUT2D eigenvalue weighted by Crippen LogP contribution is 2.33. The smallest absolute Gasteiger partial charge is 0.227 e. The van der Waals surface area contributed by atoms with Gasteiger partial charge in [-0.25, -0.2) is 0 Å². The second-order valence-electron chi connectivity index (χ2n) is 7.76. The van der Waals surface area contributed by atoms with Crippen molar-refractivity contribution in [1.82, 2.24) is 4.90 Å². The average molecular weight is 330 g/mol. The van der Waals surface area contributed by atoms with Crippen LogP contribution >= 0.6 is 0 Å². The van der Waals surface area contributed by atoms with Gasteiger partial charge < -0.3 is 15.4 Å². The third-order valence-corrected chi connectivity index (χ3v) is 5.63. The van der Waals surface area contributed by atoms with Gasteiger partial charge in [0, 0.05) is 31.5 Å². The summed E-state index contributed by atoms with van der Waals surface area (Å²) >= 11 is 0. The van der Waals surface area contributed by atoms with Crippen LogP contribution in [0.25, 0.3) is 0 Å². The minimum absolute atomic E-state index is 0.0131. The summed E-state index contributed by atoms with van der Waals surface area (Å²) in [7, 11) is 0. The van der Waals surface area contributed by atoms with Gasteiger partial charge in [-0.2, -0.15) is 0 Å². The number of amides is 1. The molecule has 4 nitrogen and oxygen atoms in total. The Labute approximate surface area is 145 Å². The number of nitrogens with zero attached hydrogens (tertiary/aromatic N) is 1. The van der Waals surface area contributed by atoms with E-state index in [0.29, 0.717) is 0 Å². The number of piperidine rings is 1. The maximum absolute atomic E-state index is 12.9. The summed E-state index contributed by atoms with van der Waals surface area (Å²) in [5, 5.41) is 0. The van der Waals surface area contributed by atoms with Gasteiger partial charge >= 0.3 is 0 Å². The molecule has 1 aromatic carbocycles. The summed E-state index contributed by atoms with van der Waals surface area (Å²) in [4.78, 5) is 14.9. The highest BCUT2D eigenvalue weighted by atomic mass is 16.5. The van der Waals surface area contributed by atoms with Crippen LogP contribution in [0, 0.1) is 12.8 Å². The second-order valence-corrected chi connectivity index (χ2v) is 7.76. The first-order valence-corrected chi connectivity index (χ1v) is 9.27. The molecule has 1 saturated heterocycles. The van der Waals surface area contributed by atoms with Gasteiger partial charge in [0.15, 0.2) is 0 Å². The predicted molar refractivity (Wildman–Crippen MR) is 96.0 cm³/mol. The molecule has 1 heterocycles. The lowest BCUT2D eigenvalue weighted by Gasteiger charge is -2.41. The number of carbonyl (C=O) groups is 1. The number of hydrogen-bond acceptors (Lipinski definition) is 3. The van der Waals surface area contributed by atoms with E-state index in [2.05, 4.69) is 19.1 Å². The number of rotatable bonds is 3. The summed E-state index contributed by atoms with van der Waals surface area (Å²) in [5.41, 5.74) is 7.29. The third-order valence-electron chi connectivity index (χ3n) is 5.63. The molecule has 2 unspecified atom stereocenters. The van der Waals surface area contributed by atoms with Gasteiger partial charge in [-0.3, -0.25) is 4.79 Å². The first-order valence-electron chi connectivity index (χ1n) is 9.27. The van der Waals surface area contributed by atoms with Crippen molar-refractivity contribution in [1.29, 1.82) is 0 Å². The number of aryl methyl sites for hydroxylation is 1. The molecule has 1 aliphatic heterocycles. The fourth-order valence-electron chi connectivity index (χ4n) is 3.99. The molecule has 1 saturated carbocycles. The van der Waals surface area contributed by atoms with Crippen LogP contribution in [-0.4, -0.2) is 35.5 Å². The van der Waals surface area contributed by atoms with Gasteiger partial charge in [0.1, 0.15) is 11.9 Å². The molecule has 2 atom stereocenters. The van der Waals surface area contributed by atoms with Crippen LogP contribution in [0.5, 0.6) is 5.75 Å². The van der Waals surface area contributed by atoms with Gasteiger partial charge in [0.05, 0.1) is 5.92 Å². The molecule has 1 aliphatic carbocycles. The lowest BCUT2D eigenvalue weighted by atomic mass is 9.74. The van der Waals surface area contributed by atoms with E-state index < -0.39 is 0 Å². The Bertz CT molecular complexity index is 560. The maximum Gasteiger partial charge on any atom is 0.227 e. The van der Waals surface area contributed by atoms with E-state index >= 15 is 0 Å². The van der Waals surface area contributed by atoms with Crippen molar-refractivity contribution in [2.24, 2.45) is 11.7 Å². The van der Waals surface area contributed by atoms with Crippen LogP contribution in [0.3, 0.4) is 0 Å². The summed E-state index contributed by atoms with van der Waals surface area (Å²) in [5.74, 6) is 1.17. The number of nitrogens with two attached hydrogens (primary N) is 1. The Balaban J connectivity index is 1.53. The minimum atomic E-state index is -0.343. The number of hydrogen-bond donors (Lipinski definition) is 1. The largest absolute Gasteiger partial charge is 0.490 e. The van der Waals surface area contributed by atoms with Gasteiger partial charge in [-0.05, 0) is 38.8 Å². The fourth-order valence-corrected chi connectivity index (χ4v) is 3.99. The SMILES string of the molecule is Cc1ccc(OC2CCN(C(=O)C3CCCCC3(C)N)CC2)cc1. The molecule has 24 heavy (non-hydrogen) atoms. The number of carbonyl (C=O) groups excluding carboxylic acids is 1. The van der Waals surface area contributed by atoms with Gasteiger partial charge in [-0.15, -0.1) is 0 Å². The Hall–Kier alpha value is -1.55. The Morgan fingerprint density at radius 3 is 2.46 bits per heavy atom. The van der Waals surface area contributed by atoms with Crippen molar-refractivity contribution in [3.63, 3.8) is 0 Å². The van der Waals surface area contributed by atoms with E-state index in [0.717, 1.165) is 57.4 Å². The maximum atomic E-state index is 12.9.